The SMILES string of the molecule is NC(=S)c1ccccc1CN(Cc1cccs1)C1CC1. The van der Waals surface area contributed by atoms with Gasteiger partial charge in [0.2, 0.25) is 0 Å². The molecule has 0 unspecified atom stereocenters. The van der Waals surface area contributed by atoms with Crippen LogP contribution in [-0.4, -0.2) is 15.9 Å². The van der Waals surface area contributed by atoms with Gasteiger partial charge in [-0.05, 0) is 29.9 Å². The van der Waals surface area contributed by atoms with Crippen LogP contribution in [-0.2, 0) is 13.1 Å². The molecule has 104 valence electrons. The first kappa shape index (κ1) is 13.7. The molecule has 0 saturated heterocycles. The smallest absolute Gasteiger partial charge is 0.104 e. The maximum atomic E-state index is 5.83. The number of nitrogens with zero attached hydrogens (tertiary/aromatic N) is 1. The number of hydrogen-bond acceptors (Lipinski definition) is 3. The second-order valence-electron chi connectivity index (χ2n) is 5.24. The molecule has 2 aromatic rings. The third kappa shape index (κ3) is 3.26. The fourth-order valence-electron chi connectivity index (χ4n) is 2.47. The Labute approximate surface area is 129 Å². The lowest BCUT2D eigenvalue weighted by Gasteiger charge is -2.22. The molecule has 0 aliphatic heterocycles. The summed E-state index contributed by atoms with van der Waals surface area (Å²) in [6.07, 6.45) is 2.61. The Balaban J connectivity index is 1.78. The van der Waals surface area contributed by atoms with Gasteiger partial charge >= 0.3 is 0 Å². The van der Waals surface area contributed by atoms with Gasteiger partial charge in [-0.25, -0.2) is 0 Å². The van der Waals surface area contributed by atoms with Gasteiger partial charge in [0, 0.05) is 29.6 Å². The highest BCUT2D eigenvalue weighted by atomic mass is 32.1. The standard InChI is InChI=1S/C16H18N2S2/c17-16(19)15-6-2-1-4-12(15)10-18(13-7-8-13)11-14-5-3-9-20-14/h1-6,9,13H,7-8,10-11H2,(H2,17,19). The minimum absolute atomic E-state index is 0.493. The Kier molecular flexibility index (Phi) is 4.15. The van der Waals surface area contributed by atoms with Crippen molar-refractivity contribution in [3.63, 3.8) is 0 Å². The monoisotopic (exact) mass is 302 g/mol. The molecule has 1 saturated carbocycles. The summed E-state index contributed by atoms with van der Waals surface area (Å²) in [6, 6.07) is 13.3. The van der Waals surface area contributed by atoms with Crippen molar-refractivity contribution in [2.75, 3.05) is 0 Å². The summed E-state index contributed by atoms with van der Waals surface area (Å²) in [7, 11) is 0. The molecule has 1 aliphatic carbocycles. The molecule has 1 aliphatic rings. The maximum absolute atomic E-state index is 5.83. The molecule has 3 rings (SSSR count). The van der Waals surface area contributed by atoms with Crippen molar-refractivity contribution in [3.05, 3.63) is 57.8 Å². The lowest BCUT2D eigenvalue weighted by atomic mass is 10.1. The topological polar surface area (TPSA) is 29.3 Å². The van der Waals surface area contributed by atoms with Gasteiger partial charge in [-0.15, -0.1) is 11.3 Å². The minimum atomic E-state index is 0.493. The summed E-state index contributed by atoms with van der Waals surface area (Å²) in [5.41, 5.74) is 8.09. The Morgan fingerprint density at radius 1 is 1.20 bits per heavy atom. The van der Waals surface area contributed by atoms with Crippen molar-refractivity contribution in [1.82, 2.24) is 4.90 Å². The van der Waals surface area contributed by atoms with E-state index in [0.29, 0.717) is 4.99 Å². The molecular weight excluding hydrogens is 284 g/mol. The van der Waals surface area contributed by atoms with Crippen molar-refractivity contribution in [2.24, 2.45) is 5.73 Å². The van der Waals surface area contributed by atoms with Crippen molar-refractivity contribution in [3.8, 4) is 0 Å². The average molecular weight is 302 g/mol. The molecule has 0 spiro atoms. The van der Waals surface area contributed by atoms with E-state index < -0.39 is 0 Å². The highest BCUT2D eigenvalue weighted by molar-refractivity contribution is 7.80. The van der Waals surface area contributed by atoms with E-state index in [2.05, 4.69) is 34.5 Å². The zero-order valence-corrected chi connectivity index (χ0v) is 12.9. The number of benzene rings is 1. The number of nitrogens with two attached hydrogens (primary N) is 1. The highest BCUT2D eigenvalue weighted by Gasteiger charge is 2.29. The molecule has 20 heavy (non-hydrogen) atoms. The van der Waals surface area contributed by atoms with E-state index in [1.807, 2.05) is 23.5 Å². The molecule has 0 atom stereocenters. The first-order valence-corrected chi connectivity index (χ1v) is 8.17. The maximum Gasteiger partial charge on any atom is 0.104 e. The lowest BCUT2D eigenvalue weighted by molar-refractivity contribution is 0.248. The Hall–Kier alpha value is -1.23. The third-order valence-corrected chi connectivity index (χ3v) is 4.74. The van der Waals surface area contributed by atoms with Gasteiger partial charge in [-0.3, -0.25) is 4.90 Å². The zero-order valence-electron chi connectivity index (χ0n) is 11.3. The number of hydrogen-bond donors (Lipinski definition) is 1. The quantitative estimate of drug-likeness (QED) is 0.828. The van der Waals surface area contributed by atoms with Crippen LogP contribution in [0.3, 0.4) is 0 Å². The van der Waals surface area contributed by atoms with Gasteiger partial charge in [-0.2, -0.15) is 0 Å². The van der Waals surface area contributed by atoms with E-state index in [4.69, 9.17) is 18.0 Å². The highest BCUT2D eigenvalue weighted by Crippen LogP contribution is 2.31. The molecule has 1 aromatic heterocycles. The Morgan fingerprint density at radius 2 is 2.00 bits per heavy atom. The van der Waals surface area contributed by atoms with Crippen molar-refractivity contribution in [2.45, 2.75) is 32.0 Å². The Morgan fingerprint density at radius 3 is 2.65 bits per heavy atom. The fraction of sp³-hybridized carbons (Fsp3) is 0.312. The van der Waals surface area contributed by atoms with Crippen LogP contribution in [0, 0.1) is 0 Å². The summed E-state index contributed by atoms with van der Waals surface area (Å²) in [6.45, 7) is 1.95. The number of rotatable bonds is 6. The molecule has 4 heteroatoms. The second-order valence-corrected chi connectivity index (χ2v) is 6.71. The predicted octanol–water partition coefficient (Wildman–Crippen LogP) is 3.55. The summed E-state index contributed by atoms with van der Waals surface area (Å²) < 4.78 is 0. The fourth-order valence-corrected chi connectivity index (χ4v) is 3.40. The third-order valence-electron chi connectivity index (χ3n) is 3.66. The molecule has 1 heterocycles. The van der Waals surface area contributed by atoms with E-state index >= 15 is 0 Å². The van der Waals surface area contributed by atoms with Crippen LogP contribution in [0.15, 0.2) is 41.8 Å². The van der Waals surface area contributed by atoms with Crippen molar-refractivity contribution in [1.29, 1.82) is 0 Å². The average Bonchev–Trinajstić information content (AvgIpc) is 3.17. The molecule has 1 aromatic carbocycles. The van der Waals surface area contributed by atoms with E-state index in [0.717, 1.165) is 24.7 Å². The van der Waals surface area contributed by atoms with Crippen molar-refractivity contribution < 1.29 is 0 Å². The van der Waals surface area contributed by atoms with Crippen LogP contribution >= 0.6 is 23.6 Å². The predicted molar refractivity (Wildman–Crippen MR) is 88.9 cm³/mol. The first-order chi connectivity index (χ1) is 9.74. The van der Waals surface area contributed by atoms with Gasteiger partial charge in [0.15, 0.2) is 0 Å². The summed E-state index contributed by atoms with van der Waals surface area (Å²) in [5, 5.41) is 2.14. The summed E-state index contributed by atoms with van der Waals surface area (Å²) in [4.78, 5) is 4.46. The minimum Gasteiger partial charge on any atom is -0.389 e. The van der Waals surface area contributed by atoms with Crippen LogP contribution in [0.25, 0.3) is 0 Å². The van der Waals surface area contributed by atoms with Crippen LogP contribution in [0.4, 0.5) is 0 Å². The molecule has 1 fully saturated rings. The normalized spacial score (nSPS) is 14.7. The first-order valence-electron chi connectivity index (χ1n) is 6.88. The van der Waals surface area contributed by atoms with Gasteiger partial charge in [-0.1, -0.05) is 42.5 Å². The number of thiophene rings is 1. The molecule has 0 amide bonds. The van der Waals surface area contributed by atoms with E-state index in [1.165, 1.54) is 23.3 Å². The van der Waals surface area contributed by atoms with E-state index in [9.17, 15) is 0 Å². The molecular formula is C16H18N2S2. The van der Waals surface area contributed by atoms with Crippen molar-refractivity contribution >= 4 is 28.5 Å². The van der Waals surface area contributed by atoms with Crippen LogP contribution < -0.4 is 5.73 Å². The zero-order chi connectivity index (χ0) is 13.9. The van der Waals surface area contributed by atoms with Gasteiger partial charge < -0.3 is 5.73 Å². The molecule has 2 nitrogen and oxygen atoms in total. The summed E-state index contributed by atoms with van der Waals surface area (Å²) in [5.74, 6) is 0. The van der Waals surface area contributed by atoms with E-state index in [-0.39, 0.29) is 0 Å². The van der Waals surface area contributed by atoms with Crippen LogP contribution in [0.5, 0.6) is 0 Å². The molecule has 0 bridgehead atoms. The molecule has 2 N–H and O–H groups in total. The van der Waals surface area contributed by atoms with Gasteiger partial charge in [0.1, 0.15) is 4.99 Å². The van der Waals surface area contributed by atoms with Crippen LogP contribution in [0.2, 0.25) is 0 Å². The van der Waals surface area contributed by atoms with E-state index in [1.54, 1.807) is 0 Å². The Bertz CT molecular complexity index is 588. The van der Waals surface area contributed by atoms with Gasteiger partial charge in [0.25, 0.3) is 0 Å². The second kappa shape index (κ2) is 6.04. The largest absolute Gasteiger partial charge is 0.389 e. The lowest BCUT2D eigenvalue weighted by Crippen LogP contribution is -2.26. The van der Waals surface area contributed by atoms with Gasteiger partial charge in [0.05, 0.1) is 0 Å². The molecule has 0 radical (unpaired) electrons. The van der Waals surface area contributed by atoms with Crippen LogP contribution in [0.1, 0.15) is 28.8 Å². The summed E-state index contributed by atoms with van der Waals surface area (Å²) >= 11 is 6.99. The number of thiocarbonyl (C=S) groups is 1.